The zero-order valence-electron chi connectivity index (χ0n) is 11.0. The first-order valence-electron chi connectivity index (χ1n) is 6.60. The second-order valence-electron chi connectivity index (χ2n) is 4.58. The van der Waals surface area contributed by atoms with Gasteiger partial charge in [-0.25, -0.2) is 0 Å². The summed E-state index contributed by atoms with van der Waals surface area (Å²) >= 11 is 0. The second-order valence-corrected chi connectivity index (χ2v) is 4.58. The SMILES string of the molecule is OC/C=C(\c1ccccc1)c1cnc2ccccc2c1. The van der Waals surface area contributed by atoms with E-state index >= 15 is 0 Å². The number of fused-ring (bicyclic) bond motifs is 1. The van der Waals surface area contributed by atoms with E-state index in [0.717, 1.165) is 27.6 Å². The van der Waals surface area contributed by atoms with Crippen molar-refractivity contribution in [2.45, 2.75) is 0 Å². The average molecular weight is 261 g/mol. The van der Waals surface area contributed by atoms with Crippen molar-refractivity contribution >= 4 is 16.5 Å². The summed E-state index contributed by atoms with van der Waals surface area (Å²) in [5.41, 5.74) is 4.08. The number of aliphatic hydroxyl groups excluding tert-OH is 1. The lowest BCUT2D eigenvalue weighted by Gasteiger charge is -2.09. The van der Waals surface area contributed by atoms with E-state index in [0.29, 0.717) is 0 Å². The number of rotatable bonds is 3. The molecule has 2 nitrogen and oxygen atoms in total. The van der Waals surface area contributed by atoms with Crippen molar-refractivity contribution in [3.8, 4) is 0 Å². The molecular formula is C18H15NO. The first-order chi connectivity index (χ1) is 9.88. The summed E-state index contributed by atoms with van der Waals surface area (Å²) < 4.78 is 0. The van der Waals surface area contributed by atoms with Gasteiger partial charge in [0.15, 0.2) is 0 Å². The van der Waals surface area contributed by atoms with E-state index in [1.807, 2.05) is 66.9 Å². The average Bonchev–Trinajstić information content (AvgIpc) is 2.53. The molecule has 2 aromatic carbocycles. The van der Waals surface area contributed by atoms with Gasteiger partial charge in [-0.3, -0.25) is 4.98 Å². The quantitative estimate of drug-likeness (QED) is 0.780. The van der Waals surface area contributed by atoms with E-state index in [1.165, 1.54) is 0 Å². The fourth-order valence-corrected chi connectivity index (χ4v) is 2.33. The smallest absolute Gasteiger partial charge is 0.0702 e. The molecule has 0 aliphatic heterocycles. The van der Waals surface area contributed by atoms with Gasteiger partial charge in [0.05, 0.1) is 12.1 Å². The van der Waals surface area contributed by atoms with Gasteiger partial charge in [0.2, 0.25) is 0 Å². The molecule has 1 aromatic heterocycles. The van der Waals surface area contributed by atoms with Crippen molar-refractivity contribution < 1.29 is 5.11 Å². The standard InChI is InChI=1S/C18H15NO/c20-11-10-17(14-6-2-1-3-7-14)16-12-15-8-4-5-9-18(15)19-13-16/h1-10,12-13,20H,11H2/b17-10+. The monoisotopic (exact) mass is 261 g/mol. The van der Waals surface area contributed by atoms with E-state index in [9.17, 15) is 5.11 Å². The Kier molecular flexibility index (Phi) is 3.57. The molecule has 0 radical (unpaired) electrons. The minimum atomic E-state index is 0.0110. The molecule has 0 aliphatic carbocycles. The largest absolute Gasteiger partial charge is 0.392 e. The molecule has 0 unspecified atom stereocenters. The molecule has 0 amide bonds. The summed E-state index contributed by atoms with van der Waals surface area (Å²) in [6, 6.07) is 20.2. The predicted octanol–water partition coefficient (Wildman–Crippen LogP) is 3.66. The highest BCUT2D eigenvalue weighted by molar-refractivity contribution is 5.86. The number of pyridine rings is 1. The van der Waals surface area contributed by atoms with E-state index in [-0.39, 0.29) is 6.61 Å². The minimum absolute atomic E-state index is 0.0110. The molecule has 0 atom stereocenters. The highest BCUT2D eigenvalue weighted by Gasteiger charge is 2.06. The lowest BCUT2D eigenvalue weighted by Crippen LogP contribution is -1.92. The molecule has 0 aliphatic rings. The Bertz CT molecular complexity index is 747. The summed E-state index contributed by atoms with van der Waals surface area (Å²) in [6.45, 7) is 0.0110. The van der Waals surface area contributed by atoms with E-state index in [1.54, 1.807) is 0 Å². The number of aromatic nitrogens is 1. The summed E-state index contributed by atoms with van der Waals surface area (Å²) in [4.78, 5) is 4.49. The Morgan fingerprint density at radius 1 is 0.950 bits per heavy atom. The van der Waals surface area contributed by atoms with Crippen molar-refractivity contribution in [1.82, 2.24) is 4.98 Å². The van der Waals surface area contributed by atoms with Crippen LogP contribution < -0.4 is 0 Å². The lowest BCUT2D eigenvalue weighted by atomic mass is 9.98. The van der Waals surface area contributed by atoms with E-state index < -0.39 is 0 Å². The fourth-order valence-electron chi connectivity index (χ4n) is 2.33. The molecule has 0 saturated carbocycles. The number of hydrogen-bond acceptors (Lipinski definition) is 2. The van der Waals surface area contributed by atoms with Crippen LogP contribution in [0.1, 0.15) is 11.1 Å². The zero-order chi connectivity index (χ0) is 13.8. The van der Waals surface area contributed by atoms with Crippen molar-refractivity contribution in [3.05, 3.63) is 84.1 Å². The normalized spacial score (nSPS) is 11.8. The molecule has 2 heteroatoms. The minimum Gasteiger partial charge on any atom is -0.392 e. The van der Waals surface area contributed by atoms with Gasteiger partial charge in [-0.05, 0) is 23.3 Å². The summed E-state index contributed by atoms with van der Waals surface area (Å²) in [5, 5.41) is 10.4. The molecule has 98 valence electrons. The molecule has 3 rings (SSSR count). The second kappa shape index (κ2) is 5.68. The van der Waals surface area contributed by atoms with Crippen molar-refractivity contribution in [2.24, 2.45) is 0 Å². The van der Waals surface area contributed by atoms with Crippen LogP contribution in [0.2, 0.25) is 0 Å². The summed E-state index contributed by atoms with van der Waals surface area (Å²) in [5.74, 6) is 0. The van der Waals surface area contributed by atoms with Crippen LogP contribution in [0.15, 0.2) is 72.9 Å². The number of hydrogen-bond donors (Lipinski definition) is 1. The van der Waals surface area contributed by atoms with Crippen LogP contribution in [-0.4, -0.2) is 16.7 Å². The molecule has 1 N–H and O–H groups in total. The Morgan fingerprint density at radius 3 is 2.50 bits per heavy atom. The van der Waals surface area contributed by atoms with Crippen molar-refractivity contribution in [3.63, 3.8) is 0 Å². The van der Waals surface area contributed by atoms with Crippen molar-refractivity contribution in [1.29, 1.82) is 0 Å². The van der Waals surface area contributed by atoms with Crippen LogP contribution in [0.25, 0.3) is 16.5 Å². The number of para-hydroxylation sites is 1. The highest BCUT2D eigenvalue weighted by atomic mass is 16.2. The maximum absolute atomic E-state index is 9.28. The zero-order valence-corrected chi connectivity index (χ0v) is 11.0. The van der Waals surface area contributed by atoms with Crippen LogP contribution in [0.3, 0.4) is 0 Å². The fraction of sp³-hybridized carbons (Fsp3) is 0.0556. The van der Waals surface area contributed by atoms with E-state index in [4.69, 9.17) is 0 Å². The third kappa shape index (κ3) is 2.46. The van der Waals surface area contributed by atoms with Gasteiger partial charge in [-0.2, -0.15) is 0 Å². The summed E-state index contributed by atoms with van der Waals surface area (Å²) in [6.07, 6.45) is 3.68. The van der Waals surface area contributed by atoms with Gasteiger partial charge in [-0.15, -0.1) is 0 Å². The molecule has 0 spiro atoms. The van der Waals surface area contributed by atoms with Crippen LogP contribution >= 0.6 is 0 Å². The Morgan fingerprint density at radius 2 is 1.70 bits per heavy atom. The van der Waals surface area contributed by atoms with Crippen molar-refractivity contribution in [2.75, 3.05) is 6.61 Å². The number of aliphatic hydroxyl groups is 1. The number of benzene rings is 2. The summed E-state index contributed by atoms with van der Waals surface area (Å²) in [7, 11) is 0. The third-order valence-electron chi connectivity index (χ3n) is 3.28. The Balaban J connectivity index is 2.13. The lowest BCUT2D eigenvalue weighted by molar-refractivity contribution is 0.343. The van der Waals surface area contributed by atoms with Gasteiger partial charge in [0.25, 0.3) is 0 Å². The third-order valence-corrected chi connectivity index (χ3v) is 3.28. The van der Waals surface area contributed by atoms with Gasteiger partial charge in [0.1, 0.15) is 0 Å². The molecule has 20 heavy (non-hydrogen) atoms. The Labute approximate surface area is 118 Å². The first-order valence-corrected chi connectivity index (χ1v) is 6.60. The van der Waals surface area contributed by atoms with Gasteiger partial charge in [0, 0.05) is 17.1 Å². The van der Waals surface area contributed by atoms with Crippen LogP contribution in [0.5, 0.6) is 0 Å². The van der Waals surface area contributed by atoms with Gasteiger partial charge in [-0.1, -0.05) is 54.6 Å². The van der Waals surface area contributed by atoms with Crippen LogP contribution in [0, 0.1) is 0 Å². The molecule has 0 saturated heterocycles. The van der Waals surface area contributed by atoms with Crippen LogP contribution in [0.4, 0.5) is 0 Å². The predicted molar refractivity (Wildman–Crippen MR) is 82.3 cm³/mol. The first kappa shape index (κ1) is 12.6. The molecule has 1 heterocycles. The molecular weight excluding hydrogens is 246 g/mol. The molecule has 3 aromatic rings. The number of nitrogens with zero attached hydrogens (tertiary/aromatic N) is 1. The molecule has 0 fully saturated rings. The maximum Gasteiger partial charge on any atom is 0.0702 e. The van der Waals surface area contributed by atoms with Gasteiger partial charge >= 0.3 is 0 Å². The topological polar surface area (TPSA) is 33.1 Å². The highest BCUT2D eigenvalue weighted by Crippen LogP contribution is 2.25. The van der Waals surface area contributed by atoms with E-state index in [2.05, 4.69) is 11.1 Å². The van der Waals surface area contributed by atoms with Crippen LogP contribution in [-0.2, 0) is 0 Å². The maximum atomic E-state index is 9.28. The van der Waals surface area contributed by atoms with Gasteiger partial charge < -0.3 is 5.11 Å². The Hall–Kier alpha value is -2.45. The molecule has 0 bridgehead atoms.